The summed E-state index contributed by atoms with van der Waals surface area (Å²) >= 11 is 0. The standard InChI is InChI=1S/C27H32N8O3/c1-7-27(36)33-20-13-21(24(38-6)14-22(20)35(4)11-10-34(2)3)32-26-15-25(29-17-30-26)31-19-8-9-23(37-5)18(12-19)16-28/h7-9,12-15,17H,1,10-11H2,2-6H3,(H,33,36)(H2,29,30,31,32). The van der Waals surface area contributed by atoms with Crippen LogP contribution < -0.4 is 30.3 Å². The Morgan fingerprint density at radius 3 is 2.34 bits per heavy atom. The number of anilines is 6. The van der Waals surface area contributed by atoms with Gasteiger partial charge in [0.2, 0.25) is 5.91 Å². The van der Waals surface area contributed by atoms with Crippen LogP contribution in [0.15, 0.2) is 55.4 Å². The van der Waals surface area contributed by atoms with Crippen molar-refractivity contribution in [3.63, 3.8) is 0 Å². The Bertz CT molecular complexity index is 1340. The van der Waals surface area contributed by atoms with Crippen molar-refractivity contribution < 1.29 is 14.3 Å². The first-order valence-electron chi connectivity index (χ1n) is 11.7. The van der Waals surface area contributed by atoms with Crippen molar-refractivity contribution in [1.82, 2.24) is 14.9 Å². The molecule has 0 saturated carbocycles. The van der Waals surface area contributed by atoms with Crippen molar-refractivity contribution in [2.75, 3.05) is 69.3 Å². The van der Waals surface area contributed by atoms with Crippen molar-refractivity contribution in [2.45, 2.75) is 0 Å². The second-order valence-electron chi connectivity index (χ2n) is 8.55. The molecule has 2 aromatic carbocycles. The van der Waals surface area contributed by atoms with E-state index in [0.29, 0.717) is 45.8 Å². The molecule has 3 aromatic rings. The highest BCUT2D eigenvalue weighted by Gasteiger charge is 2.16. The largest absolute Gasteiger partial charge is 0.495 e. The van der Waals surface area contributed by atoms with E-state index in [0.717, 1.165) is 18.8 Å². The van der Waals surface area contributed by atoms with Gasteiger partial charge in [-0.05, 0) is 44.4 Å². The fraction of sp³-hybridized carbons (Fsp3) is 0.259. The summed E-state index contributed by atoms with van der Waals surface area (Å²) in [5, 5.41) is 18.7. The number of benzene rings is 2. The van der Waals surface area contributed by atoms with Crippen molar-refractivity contribution in [3.8, 4) is 17.6 Å². The second kappa shape index (κ2) is 12.9. The number of ether oxygens (including phenoxy) is 2. The summed E-state index contributed by atoms with van der Waals surface area (Å²) in [6.07, 6.45) is 2.63. The molecule has 0 aliphatic carbocycles. The van der Waals surface area contributed by atoms with E-state index >= 15 is 0 Å². The minimum absolute atomic E-state index is 0.326. The molecule has 1 amide bonds. The van der Waals surface area contributed by atoms with E-state index in [4.69, 9.17) is 9.47 Å². The lowest BCUT2D eigenvalue weighted by atomic mass is 10.2. The van der Waals surface area contributed by atoms with Gasteiger partial charge in [-0.2, -0.15) is 5.26 Å². The number of amides is 1. The van der Waals surface area contributed by atoms with Crippen molar-refractivity contribution in [2.24, 2.45) is 0 Å². The van der Waals surface area contributed by atoms with Crippen LogP contribution in [0.25, 0.3) is 0 Å². The molecule has 0 saturated heterocycles. The van der Waals surface area contributed by atoms with Gasteiger partial charge in [-0.3, -0.25) is 4.79 Å². The van der Waals surface area contributed by atoms with Gasteiger partial charge in [0.1, 0.15) is 35.5 Å². The first-order valence-corrected chi connectivity index (χ1v) is 11.7. The number of aromatic nitrogens is 2. The first kappa shape index (κ1) is 27.8. The smallest absolute Gasteiger partial charge is 0.247 e. The number of nitrogens with zero attached hydrogens (tertiary/aromatic N) is 5. The summed E-state index contributed by atoms with van der Waals surface area (Å²) in [7, 11) is 9.06. The van der Waals surface area contributed by atoms with Crippen LogP contribution in [-0.4, -0.2) is 69.2 Å². The predicted octanol–water partition coefficient (Wildman–Crippen LogP) is 3.97. The van der Waals surface area contributed by atoms with Crippen LogP contribution >= 0.6 is 0 Å². The molecule has 0 radical (unpaired) electrons. The maximum atomic E-state index is 12.2. The Labute approximate surface area is 222 Å². The van der Waals surface area contributed by atoms with Crippen LogP contribution in [0.1, 0.15) is 5.56 Å². The third-order valence-electron chi connectivity index (χ3n) is 5.58. The molecule has 0 aliphatic rings. The van der Waals surface area contributed by atoms with Gasteiger partial charge in [0, 0.05) is 38.0 Å². The second-order valence-corrected chi connectivity index (χ2v) is 8.55. The molecule has 0 unspecified atom stereocenters. The SMILES string of the molecule is C=CC(=O)Nc1cc(Nc2cc(Nc3ccc(OC)c(C#N)c3)ncn2)c(OC)cc1N(C)CCN(C)C. The van der Waals surface area contributed by atoms with Gasteiger partial charge >= 0.3 is 0 Å². The Hall–Kier alpha value is -4.82. The number of hydrogen-bond donors (Lipinski definition) is 3. The molecule has 3 rings (SSSR count). The van der Waals surface area contributed by atoms with Crippen LogP contribution in [0.2, 0.25) is 0 Å². The fourth-order valence-corrected chi connectivity index (χ4v) is 3.56. The number of methoxy groups -OCH3 is 2. The van der Waals surface area contributed by atoms with E-state index in [1.165, 1.54) is 19.5 Å². The number of nitrogens with one attached hydrogen (secondary N) is 3. The normalized spacial score (nSPS) is 10.3. The minimum Gasteiger partial charge on any atom is -0.495 e. The van der Waals surface area contributed by atoms with Crippen molar-refractivity contribution in [1.29, 1.82) is 5.26 Å². The lowest BCUT2D eigenvalue weighted by Gasteiger charge is -2.26. The zero-order valence-electron chi connectivity index (χ0n) is 22.2. The van der Waals surface area contributed by atoms with E-state index in [2.05, 4.69) is 43.5 Å². The summed E-state index contributed by atoms with van der Waals surface area (Å²) in [6.45, 7) is 5.12. The first-order chi connectivity index (χ1) is 18.3. The van der Waals surface area contributed by atoms with Crippen LogP contribution in [0.3, 0.4) is 0 Å². The average Bonchev–Trinajstić information content (AvgIpc) is 2.91. The molecule has 11 nitrogen and oxygen atoms in total. The Kier molecular flexibility index (Phi) is 9.45. The number of rotatable bonds is 12. The van der Waals surface area contributed by atoms with E-state index in [1.54, 1.807) is 37.4 Å². The fourth-order valence-electron chi connectivity index (χ4n) is 3.56. The van der Waals surface area contributed by atoms with Gasteiger partial charge in [0.15, 0.2) is 0 Å². The van der Waals surface area contributed by atoms with E-state index in [1.807, 2.05) is 32.1 Å². The third-order valence-corrected chi connectivity index (χ3v) is 5.58. The van der Waals surface area contributed by atoms with Gasteiger partial charge in [-0.1, -0.05) is 6.58 Å². The molecule has 1 heterocycles. The summed E-state index contributed by atoms with van der Waals surface area (Å²) < 4.78 is 10.9. The highest BCUT2D eigenvalue weighted by molar-refractivity contribution is 6.02. The summed E-state index contributed by atoms with van der Waals surface area (Å²) in [4.78, 5) is 24.9. The van der Waals surface area contributed by atoms with E-state index in [-0.39, 0.29) is 5.91 Å². The van der Waals surface area contributed by atoms with Gasteiger partial charge in [0.25, 0.3) is 0 Å². The molecule has 38 heavy (non-hydrogen) atoms. The Balaban J connectivity index is 1.91. The molecule has 0 aliphatic heterocycles. The maximum absolute atomic E-state index is 12.2. The summed E-state index contributed by atoms with van der Waals surface area (Å²) in [6, 6.07) is 12.7. The molecule has 0 spiro atoms. The summed E-state index contributed by atoms with van der Waals surface area (Å²) in [5.74, 6) is 1.73. The molecule has 3 N–H and O–H groups in total. The quantitative estimate of drug-likeness (QED) is 0.304. The maximum Gasteiger partial charge on any atom is 0.247 e. The van der Waals surface area contributed by atoms with E-state index in [9.17, 15) is 10.1 Å². The van der Waals surface area contributed by atoms with E-state index < -0.39 is 0 Å². The number of carbonyl (C=O) groups excluding carboxylic acids is 1. The molecule has 1 aromatic heterocycles. The molecule has 0 bridgehead atoms. The van der Waals surface area contributed by atoms with Gasteiger partial charge in [-0.15, -0.1) is 0 Å². The lowest BCUT2D eigenvalue weighted by Crippen LogP contribution is -2.29. The van der Waals surface area contributed by atoms with Crippen LogP contribution in [0, 0.1) is 11.3 Å². The zero-order valence-corrected chi connectivity index (χ0v) is 22.2. The topological polar surface area (TPSA) is 128 Å². The average molecular weight is 517 g/mol. The Morgan fingerprint density at radius 1 is 1.00 bits per heavy atom. The van der Waals surface area contributed by atoms with Crippen molar-refractivity contribution in [3.05, 3.63) is 60.9 Å². The van der Waals surface area contributed by atoms with Crippen LogP contribution in [0.5, 0.6) is 11.5 Å². The third kappa shape index (κ3) is 7.11. The number of carbonyl (C=O) groups is 1. The molecular formula is C27H32N8O3. The number of likely N-dealkylation sites (N-methyl/N-ethyl adjacent to an activating group) is 2. The molecule has 198 valence electrons. The molecular weight excluding hydrogens is 484 g/mol. The van der Waals surface area contributed by atoms with Crippen molar-refractivity contribution >= 4 is 40.3 Å². The van der Waals surface area contributed by atoms with Crippen LogP contribution in [0.4, 0.5) is 34.4 Å². The zero-order chi connectivity index (χ0) is 27.7. The molecule has 11 heteroatoms. The van der Waals surface area contributed by atoms with Gasteiger partial charge in [-0.25, -0.2) is 9.97 Å². The van der Waals surface area contributed by atoms with Gasteiger partial charge < -0.3 is 35.2 Å². The molecule has 0 fully saturated rings. The Morgan fingerprint density at radius 2 is 1.71 bits per heavy atom. The molecule has 0 atom stereocenters. The summed E-state index contributed by atoms with van der Waals surface area (Å²) in [5.41, 5.74) is 3.05. The minimum atomic E-state index is -0.326. The highest BCUT2D eigenvalue weighted by atomic mass is 16.5. The lowest BCUT2D eigenvalue weighted by molar-refractivity contribution is -0.111. The number of hydrogen-bond acceptors (Lipinski definition) is 10. The van der Waals surface area contributed by atoms with Gasteiger partial charge in [0.05, 0.1) is 36.8 Å². The van der Waals surface area contributed by atoms with Crippen LogP contribution in [-0.2, 0) is 4.79 Å². The predicted molar refractivity (Wildman–Crippen MR) is 150 cm³/mol. The highest BCUT2D eigenvalue weighted by Crippen LogP contribution is 2.38. The monoisotopic (exact) mass is 516 g/mol. The number of nitriles is 1.